The van der Waals surface area contributed by atoms with Crippen molar-refractivity contribution in [2.75, 3.05) is 0 Å². The summed E-state index contributed by atoms with van der Waals surface area (Å²) in [5.74, 6) is 1.99. The topological polar surface area (TPSA) is 66.7 Å². The van der Waals surface area contributed by atoms with Crippen LogP contribution in [-0.4, -0.2) is 24.6 Å². The highest BCUT2D eigenvalue weighted by molar-refractivity contribution is 5.99. The Morgan fingerprint density at radius 3 is 2.58 bits per heavy atom. The molecular formula is C26H24N4O. The van der Waals surface area contributed by atoms with E-state index >= 15 is 0 Å². The molecule has 0 spiro atoms. The molecule has 0 unspecified atom stereocenters. The molecule has 0 amide bonds. The van der Waals surface area contributed by atoms with Crippen molar-refractivity contribution in [2.45, 2.75) is 19.3 Å². The molecule has 0 aliphatic carbocycles. The first-order chi connectivity index (χ1) is 15.2. The number of phenols is 1. The number of hydrogen-bond acceptors (Lipinski definition) is 3. The van der Waals surface area contributed by atoms with Gasteiger partial charge in [0.1, 0.15) is 17.4 Å². The number of hydrogen-bond donors (Lipinski definition) is 2. The maximum atomic E-state index is 11.2. The fraction of sp³-hybridized carbons (Fsp3) is 0.154. The quantitative estimate of drug-likeness (QED) is 0.389. The van der Waals surface area contributed by atoms with E-state index in [4.69, 9.17) is 0 Å². The number of H-pyrrole nitrogens is 1. The summed E-state index contributed by atoms with van der Waals surface area (Å²) in [7, 11) is 1.95. The number of benzene rings is 3. The van der Waals surface area contributed by atoms with Crippen LogP contribution in [0.2, 0.25) is 0 Å². The molecule has 0 saturated heterocycles. The lowest BCUT2D eigenvalue weighted by atomic mass is 9.96. The van der Waals surface area contributed by atoms with Gasteiger partial charge >= 0.3 is 0 Å². The van der Waals surface area contributed by atoms with Crippen LogP contribution in [0.25, 0.3) is 33.5 Å². The predicted octanol–water partition coefficient (Wildman–Crippen LogP) is 5.51. The first-order valence-electron chi connectivity index (χ1n) is 10.5. The molecule has 154 valence electrons. The molecule has 0 radical (unpaired) electrons. The monoisotopic (exact) mass is 408 g/mol. The second kappa shape index (κ2) is 8.11. The van der Waals surface area contributed by atoms with E-state index in [1.54, 1.807) is 6.20 Å². The highest BCUT2D eigenvalue weighted by Gasteiger charge is 2.17. The first-order valence-corrected chi connectivity index (χ1v) is 10.5. The summed E-state index contributed by atoms with van der Waals surface area (Å²) >= 11 is 0. The SMILES string of the molecule is Cn1ccnc1-c1c(O)c(CCCc2cnc(-c3ccccc3)[nH]2)cc2ccccc12. The summed E-state index contributed by atoms with van der Waals surface area (Å²) < 4.78 is 1.95. The molecule has 5 rings (SSSR count). The maximum Gasteiger partial charge on any atom is 0.144 e. The standard InChI is InChI=1S/C26H24N4O/c1-30-15-14-27-26(30)23-22-13-6-5-10-19(22)16-20(24(23)31)11-7-12-21-17-28-25(29-21)18-8-3-2-4-9-18/h2-6,8-10,13-17,31H,7,11-12H2,1H3,(H,28,29). The molecule has 0 fully saturated rings. The zero-order valence-electron chi connectivity index (χ0n) is 17.4. The Morgan fingerprint density at radius 1 is 0.968 bits per heavy atom. The molecule has 31 heavy (non-hydrogen) atoms. The second-order valence-electron chi connectivity index (χ2n) is 7.82. The van der Waals surface area contributed by atoms with E-state index in [-0.39, 0.29) is 0 Å². The van der Waals surface area contributed by atoms with Crippen LogP contribution < -0.4 is 0 Å². The number of aromatic amines is 1. The predicted molar refractivity (Wildman–Crippen MR) is 124 cm³/mol. The molecule has 3 aromatic carbocycles. The first kappa shape index (κ1) is 19.1. The Kier molecular flexibility index (Phi) is 5.00. The number of nitrogens with one attached hydrogen (secondary N) is 1. The van der Waals surface area contributed by atoms with E-state index in [1.807, 2.05) is 60.4 Å². The molecule has 2 heterocycles. The number of nitrogens with zero attached hydrogens (tertiary/aromatic N) is 3. The lowest BCUT2D eigenvalue weighted by Crippen LogP contribution is -1.97. The molecule has 2 aromatic heterocycles. The lowest BCUT2D eigenvalue weighted by Gasteiger charge is -2.14. The van der Waals surface area contributed by atoms with Crippen molar-refractivity contribution in [3.05, 3.63) is 90.5 Å². The number of aromatic hydroxyl groups is 1. The smallest absolute Gasteiger partial charge is 0.144 e. The number of phenolic OH excluding ortho intramolecular Hbond substituents is 1. The molecular weight excluding hydrogens is 384 g/mol. The molecule has 5 heteroatoms. The van der Waals surface area contributed by atoms with Crippen molar-refractivity contribution in [3.8, 4) is 28.5 Å². The van der Waals surface area contributed by atoms with Gasteiger partial charge < -0.3 is 14.7 Å². The Hall–Kier alpha value is -3.86. The second-order valence-corrected chi connectivity index (χ2v) is 7.82. The molecule has 2 N–H and O–H groups in total. The molecule has 0 bridgehead atoms. The van der Waals surface area contributed by atoms with Gasteiger partial charge in [-0.2, -0.15) is 0 Å². The van der Waals surface area contributed by atoms with Gasteiger partial charge in [-0.25, -0.2) is 9.97 Å². The van der Waals surface area contributed by atoms with Gasteiger partial charge in [0.25, 0.3) is 0 Å². The van der Waals surface area contributed by atoms with Gasteiger partial charge in [-0.05, 0) is 41.7 Å². The molecule has 0 aliphatic heterocycles. The minimum atomic E-state index is 0.322. The van der Waals surface area contributed by atoms with Crippen molar-refractivity contribution >= 4 is 10.8 Å². The number of fused-ring (bicyclic) bond motifs is 1. The Morgan fingerprint density at radius 2 is 1.77 bits per heavy atom. The van der Waals surface area contributed by atoms with Gasteiger partial charge in [-0.15, -0.1) is 0 Å². The maximum absolute atomic E-state index is 11.2. The van der Waals surface area contributed by atoms with Crippen LogP contribution in [0.5, 0.6) is 5.75 Å². The summed E-state index contributed by atoms with van der Waals surface area (Å²) in [5.41, 5.74) is 3.93. The van der Waals surface area contributed by atoms with Gasteiger partial charge in [-0.1, -0.05) is 54.6 Å². The lowest BCUT2D eigenvalue weighted by molar-refractivity contribution is 0.469. The minimum Gasteiger partial charge on any atom is -0.507 e. The Labute approximate surface area is 181 Å². The number of aryl methyl sites for hydroxylation is 3. The summed E-state index contributed by atoms with van der Waals surface area (Å²) in [4.78, 5) is 12.4. The average Bonchev–Trinajstić information content (AvgIpc) is 3.44. The van der Waals surface area contributed by atoms with Crippen molar-refractivity contribution in [1.29, 1.82) is 0 Å². The van der Waals surface area contributed by atoms with Gasteiger partial charge in [0.15, 0.2) is 0 Å². The third-order valence-corrected chi connectivity index (χ3v) is 5.71. The van der Waals surface area contributed by atoms with Gasteiger partial charge in [-0.3, -0.25) is 0 Å². The average molecular weight is 409 g/mol. The van der Waals surface area contributed by atoms with E-state index in [2.05, 4.69) is 39.2 Å². The van der Waals surface area contributed by atoms with Crippen LogP contribution in [0.3, 0.4) is 0 Å². The van der Waals surface area contributed by atoms with Crippen molar-refractivity contribution in [1.82, 2.24) is 19.5 Å². The Balaban J connectivity index is 1.40. The molecule has 5 aromatic rings. The zero-order valence-corrected chi connectivity index (χ0v) is 17.4. The van der Waals surface area contributed by atoms with Crippen LogP contribution in [0.4, 0.5) is 0 Å². The summed E-state index contributed by atoms with van der Waals surface area (Å²) in [6, 6.07) is 20.4. The van der Waals surface area contributed by atoms with E-state index in [1.165, 1.54) is 0 Å². The van der Waals surface area contributed by atoms with Crippen molar-refractivity contribution in [3.63, 3.8) is 0 Å². The van der Waals surface area contributed by atoms with E-state index in [0.717, 1.165) is 64.1 Å². The van der Waals surface area contributed by atoms with E-state index in [0.29, 0.717) is 5.75 Å². The van der Waals surface area contributed by atoms with E-state index in [9.17, 15) is 5.11 Å². The van der Waals surface area contributed by atoms with Crippen LogP contribution in [0.15, 0.2) is 79.3 Å². The van der Waals surface area contributed by atoms with Crippen LogP contribution in [0, 0.1) is 0 Å². The normalized spacial score (nSPS) is 11.3. The molecule has 0 aliphatic rings. The van der Waals surface area contributed by atoms with Crippen LogP contribution >= 0.6 is 0 Å². The molecule has 0 saturated carbocycles. The third-order valence-electron chi connectivity index (χ3n) is 5.71. The van der Waals surface area contributed by atoms with Gasteiger partial charge in [0.05, 0.1) is 5.56 Å². The highest BCUT2D eigenvalue weighted by Crippen LogP contribution is 2.38. The summed E-state index contributed by atoms with van der Waals surface area (Å²) in [6.45, 7) is 0. The zero-order chi connectivity index (χ0) is 21.2. The number of rotatable bonds is 6. The molecule has 5 nitrogen and oxygen atoms in total. The van der Waals surface area contributed by atoms with Crippen molar-refractivity contribution in [2.24, 2.45) is 7.05 Å². The fourth-order valence-corrected chi connectivity index (χ4v) is 4.12. The Bertz CT molecular complexity index is 1330. The van der Waals surface area contributed by atoms with Crippen LogP contribution in [0.1, 0.15) is 17.7 Å². The minimum absolute atomic E-state index is 0.322. The third kappa shape index (κ3) is 3.70. The van der Waals surface area contributed by atoms with E-state index < -0.39 is 0 Å². The molecule has 0 atom stereocenters. The highest BCUT2D eigenvalue weighted by atomic mass is 16.3. The summed E-state index contributed by atoms with van der Waals surface area (Å²) in [5, 5.41) is 13.3. The van der Waals surface area contributed by atoms with Gasteiger partial charge in [0, 0.05) is 36.9 Å². The van der Waals surface area contributed by atoms with Crippen molar-refractivity contribution < 1.29 is 5.11 Å². The summed E-state index contributed by atoms with van der Waals surface area (Å²) in [6.07, 6.45) is 8.11. The largest absolute Gasteiger partial charge is 0.507 e. The fourth-order valence-electron chi connectivity index (χ4n) is 4.12. The van der Waals surface area contributed by atoms with Gasteiger partial charge in [0.2, 0.25) is 0 Å². The number of aromatic nitrogens is 4. The van der Waals surface area contributed by atoms with Crippen LogP contribution in [-0.2, 0) is 19.9 Å². The number of imidazole rings is 2.